The summed E-state index contributed by atoms with van der Waals surface area (Å²) in [5.74, 6) is 3.42. The Morgan fingerprint density at radius 1 is 1.20 bits per heavy atom. The molecule has 2 aromatic heterocycles. The van der Waals surface area contributed by atoms with Crippen molar-refractivity contribution in [2.45, 2.75) is 78.7 Å². The lowest BCUT2D eigenvalue weighted by Crippen LogP contribution is -2.47. The third-order valence-electron chi connectivity index (χ3n) is 8.41. The van der Waals surface area contributed by atoms with E-state index in [-0.39, 0.29) is 6.10 Å². The van der Waals surface area contributed by atoms with Gasteiger partial charge in [-0.2, -0.15) is 0 Å². The van der Waals surface area contributed by atoms with Gasteiger partial charge in [-0.05, 0) is 74.6 Å². The molecular formula is C32H51ClN4O3. The van der Waals surface area contributed by atoms with Gasteiger partial charge < -0.3 is 24.9 Å². The van der Waals surface area contributed by atoms with E-state index in [0.29, 0.717) is 23.6 Å². The molecule has 2 aliphatic heterocycles. The van der Waals surface area contributed by atoms with E-state index < -0.39 is 0 Å². The lowest BCUT2D eigenvalue weighted by atomic mass is 9.54. The van der Waals surface area contributed by atoms with Gasteiger partial charge in [0, 0.05) is 56.4 Å². The van der Waals surface area contributed by atoms with Crippen molar-refractivity contribution in [1.29, 1.82) is 0 Å². The zero-order chi connectivity index (χ0) is 29.5. The highest BCUT2D eigenvalue weighted by atomic mass is 35.5. The van der Waals surface area contributed by atoms with Crippen LogP contribution in [0, 0.1) is 31.6 Å². The van der Waals surface area contributed by atoms with Crippen LogP contribution in [-0.4, -0.2) is 62.3 Å². The van der Waals surface area contributed by atoms with Gasteiger partial charge in [0.1, 0.15) is 18.2 Å². The third-order valence-corrected chi connectivity index (χ3v) is 8.80. The molecule has 2 N–H and O–H groups in total. The maximum absolute atomic E-state index is 9.99. The summed E-state index contributed by atoms with van der Waals surface area (Å²) >= 11 is 5.75. The lowest BCUT2D eigenvalue weighted by molar-refractivity contribution is -0.119. The molecule has 0 amide bonds. The van der Waals surface area contributed by atoms with Gasteiger partial charge in [-0.3, -0.25) is 4.98 Å². The first-order valence-electron chi connectivity index (χ1n) is 14.7. The Morgan fingerprint density at radius 2 is 1.93 bits per heavy atom. The molecule has 3 fully saturated rings. The van der Waals surface area contributed by atoms with Crippen molar-refractivity contribution in [3.63, 3.8) is 0 Å². The molecule has 1 saturated carbocycles. The number of morpholine rings is 1. The summed E-state index contributed by atoms with van der Waals surface area (Å²) in [5, 5.41) is 6.66. The van der Waals surface area contributed by atoms with Gasteiger partial charge in [0.15, 0.2) is 0 Å². The predicted octanol–water partition coefficient (Wildman–Crippen LogP) is 6.41. The molecule has 4 atom stereocenters. The predicted molar refractivity (Wildman–Crippen MR) is 165 cm³/mol. The number of aldehydes is 1. The quantitative estimate of drug-likeness (QED) is 0.408. The second-order valence-corrected chi connectivity index (χ2v) is 11.7. The van der Waals surface area contributed by atoms with Gasteiger partial charge in [0.05, 0.1) is 11.6 Å². The Labute approximate surface area is 247 Å². The molecule has 7 nitrogen and oxygen atoms in total. The number of carbonyl (C=O) groups is 1. The van der Waals surface area contributed by atoms with Crippen LogP contribution in [0.2, 0.25) is 5.02 Å². The number of nitrogens with zero attached hydrogens (tertiary/aromatic N) is 2. The molecule has 1 aliphatic carbocycles. The second-order valence-electron chi connectivity index (χ2n) is 11.3. The smallest absolute Gasteiger partial charge is 0.150 e. The first-order valence-corrected chi connectivity index (χ1v) is 15.1. The van der Waals surface area contributed by atoms with Crippen molar-refractivity contribution in [1.82, 2.24) is 15.3 Å². The van der Waals surface area contributed by atoms with E-state index in [9.17, 15) is 4.79 Å². The number of anilines is 1. The van der Waals surface area contributed by atoms with Gasteiger partial charge in [-0.15, -0.1) is 0 Å². The molecule has 2 aromatic rings. The summed E-state index contributed by atoms with van der Waals surface area (Å²) in [6.45, 7) is 17.5. The van der Waals surface area contributed by atoms with Gasteiger partial charge in [0.25, 0.3) is 0 Å². The molecule has 0 spiro atoms. The van der Waals surface area contributed by atoms with Crippen molar-refractivity contribution in [3.05, 3.63) is 52.4 Å². The number of carbonyl (C=O) groups excluding carboxylic acids is 1. The van der Waals surface area contributed by atoms with E-state index in [2.05, 4.69) is 73.4 Å². The number of aryl methyl sites for hydroxylation is 2. The van der Waals surface area contributed by atoms with Crippen LogP contribution in [0.1, 0.15) is 70.3 Å². The highest BCUT2D eigenvalue weighted by Crippen LogP contribution is 2.51. The van der Waals surface area contributed by atoms with Crippen molar-refractivity contribution in [2.24, 2.45) is 17.8 Å². The van der Waals surface area contributed by atoms with Crippen LogP contribution in [-0.2, 0) is 19.7 Å². The maximum Gasteiger partial charge on any atom is 0.150 e. The number of nitrogens with one attached hydrogen (secondary N) is 2. The molecule has 2 saturated heterocycles. The molecule has 0 aromatic carbocycles. The zero-order valence-corrected chi connectivity index (χ0v) is 26.4. The SMILES string of the molecule is CCC1CCOCC1.CNc1cc(C)c(Cl)cn1.Cc1cccc(C2(C)CC(C)C2C)n1.O=CC1CNCCO1. The largest absolute Gasteiger partial charge is 0.381 e. The molecule has 4 heterocycles. The zero-order valence-electron chi connectivity index (χ0n) is 25.6. The van der Waals surface area contributed by atoms with Crippen molar-refractivity contribution >= 4 is 23.7 Å². The average Bonchev–Trinajstić information content (AvgIpc) is 3.00. The van der Waals surface area contributed by atoms with Crippen LogP contribution >= 0.6 is 11.6 Å². The third kappa shape index (κ3) is 10.7. The van der Waals surface area contributed by atoms with E-state index in [1.807, 2.05) is 20.0 Å². The fourth-order valence-electron chi connectivity index (χ4n) is 5.20. The molecule has 5 rings (SSSR count). The minimum absolute atomic E-state index is 0.205. The minimum Gasteiger partial charge on any atom is -0.381 e. The topological polar surface area (TPSA) is 85.4 Å². The number of hydrogen-bond donors (Lipinski definition) is 2. The molecule has 0 radical (unpaired) electrons. The number of hydrogen-bond acceptors (Lipinski definition) is 7. The van der Waals surface area contributed by atoms with E-state index in [1.54, 1.807) is 6.20 Å². The fourth-order valence-corrected chi connectivity index (χ4v) is 5.31. The molecule has 224 valence electrons. The van der Waals surface area contributed by atoms with Gasteiger partial charge in [0.2, 0.25) is 0 Å². The first-order chi connectivity index (χ1) is 19.1. The van der Waals surface area contributed by atoms with Crippen molar-refractivity contribution in [3.8, 4) is 0 Å². The second kappa shape index (κ2) is 17.7. The molecule has 0 bridgehead atoms. The van der Waals surface area contributed by atoms with E-state index >= 15 is 0 Å². The number of ether oxygens (including phenoxy) is 2. The fraction of sp³-hybridized carbons (Fsp3) is 0.656. The Balaban J connectivity index is 0.000000193. The lowest BCUT2D eigenvalue weighted by Gasteiger charge is -2.50. The highest BCUT2D eigenvalue weighted by molar-refractivity contribution is 6.31. The number of aromatic nitrogens is 2. The highest BCUT2D eigenvalue weighted by Gasteiger charge is 2.47. The summed E-state index contributed by atoms with van der Waals surface area (Å²) in [6.07, 6.45) is 7.46. The van der Waals surface area contributed by atoms with Gasteiger partial charge >= 0.3 is 0 Å². The van der Waals surface area contributed by atoms with Crippen molar-refractivity contribution < 1.29 is 14.3 Å². The molecular weight excluding hydrogens is 524 g/mol. The Kier molecular flexibility index (Phi) is 15.1. The first kappa shape index (κ1) is 34.1. The van der Waals surface area contributed by atoms with Gasteiger partial charge in [-0.1, -0.05) is 51.8 Å². The van der Waals surface area contributed by atoms with Crippen LogP contribution in [0.25, 0.3) is 0 Å². The van der Waals surface area contributed by atoms with Crippen LogP contribution in [0.4, 0.5) is 5.82 Å². The summed E-state index contributed by atoms with van der Waals surface area (Å²) in [7, 11) is 1.83. The number of pyridine rings is 2. The number of halogens is 1. The average molecular weight is 575 g/mol. The van der Waals surface area contributed by atoms with Crippen LogP contribution < -0.4 is 10.6 Å². The monoisotopic (exact) mass is 574 g/mol. The van der Waals surface area contributed by atoms with E-state index in [1.165, 1.54) is 31.4 Å². The normalized spacial score (nSPS) is 25.9. The number of rotatable bonds is 4. The van der Waals surface area contributed by atoms with Gasteiger partial charge in [-0.25, -0.2) is 4.98 Å². The molecule has 4 unspecified atom stereocenters. The summed E-state index contributed by atoms with van der Waals surface area (Å²) < 4.78 is 10.2. The van der Waals surface area contributed by atoms with E-state index in [4.69, 9.17) is 21.1 Å². The van der Waals surface area contributed by atoms with Crippen LogP contribution in [0.15, 0.2) is 30.5 Å². The van der Waals surface area contributed by atoms with Crippen LogP contribution in [0.3, 0.4) is 0 Å². The standard InChI is InChI=1S/C13H19N.C7H9ClN2.C7H14O.C5H9NO2/c1-9-8-13(4,11(9)3)12-7-5-6-10(2)14-12;1-5-3-7(9-2)10-4-6(5)8;1-2-7-3-5-8-6-4-7;7-4-5-3-6-1-2-8-5/h5-7,9,11H,8H2,1-4H3;3-4H,1-2H3,(H,9,10);7H,2-6H2,1H3;4-6H,1-3H2. The molecule has 3 aliphatic rings. The summed E-state index contributed by atoms with van der Waals surface area (Å²) in [5.41, 5.74) is 3.78. The van der Waals surface area contributed by atoms with Crippen LogP contribution in [0.5, 0.6) is 0 Å². The summed E-state index contributed by atoms with van der Waals surface area (Å²) in [4.78, 5) is 18.7. The Hall–Kier alpha value is -2.06. The van der Waals surface area contributed by atoms with E-state index in [0.717, 1.165) is 60.9 Å². The molecule has 8 heteroatoms. The minimum atomic E-state index is -0.205. The molecule has 40 heavy (non-hydrogen) atoms. The Bertz CT molecular complexity index is 1010. The summed E-state index contributed by atoms with van der Waals surface area (Å²) in [6, 6.07) is 8.27. The maximum atomic E-state index is 9.99. The Morgan fingerprint density at radius 3 is 2.38 bits per heavy atom. The van der Waals surface area contributed by atoms with Crippen molar-refractivity contribution in [2.75, 3.05) is 45.3 Å².